The second-order valence-electron chi connectivity index (χ2n) is 5.47. The van der Waals surface area contributed by atoms with E-state index in [0.29, 0.717) is 25.3 Å². The van der Waals surface area contributed by atoms with Crippen LogP contribution >= 0.6 is 0 Å². The van der Waals surface area contributed by atoms with Crippen molar-refractivity contribution < 1.29 is 4.79 Å². The number of nitrogens with zero attached hydrogens (tertiary/aromatic N) is 3. The molecular weight excluding hydrogens is 292 g/mol. The lowest BCUT2D eigenvalue weighted by Crippen LogP contribution is -2.34. The second-order valence-corrected chi connectivity index (χ2v) is 5.47. The van der Waals surface area contributed by atoms with Gasteiger partial charge in [-0.05, 0) is 44.0 Å². The molecule has 6 heteroatoms. The lowest BCUT2D eigenvalue weighted by molar-refractivity contribution is -0.118. The largest absolute Gasteiger partial charge is 0.336 e. The number of aryl methyl sites for hydroxylation is 2. The van der Waals surface area contributed by atoms with Crippen molar-refractivity contribution in [2.75, 3.05) is 16.8 Å². The van der Waals surface area contributed by atoms with Gasteiger partial charge in [0, 0.05) is 43.3 Å². The van der Waals surface area contributed by atoms with E-state index >= 15 is 0 Å². The highest BCUT2D eigenvalue weighted by Gasteiger charge is 2.22. The highest BCUT2D eigenvalue weighted by atomic mass is 16.2. The number of anilines is 3. The summed E-state index contributed by atoms with van der Waals surface area (Å²) in [5, 5.41) is 3.09. The Labute approximate surface area is 134 Å². The third-order valence-corrected chi connectivity index (χ3v) is 4.11. The summed E-state index contributed by atoms with van der Waals surface area (Å²) in [5.74, 6) is 0.477. The number of aromatic nitrogens is 2. The molecule has 23 heavy (non-hydrogen) atoms. The van der Waals surface area contributed by atoms with E-state index in [0.717, 1.165) is 23.4 Å². The van der Waals surface area contributed by atoms with Crippen molar-refractivity contribution >= 4 is 23.1 Å². The van der Waals surface area contributed by atoms with Gasteiger partial charge in [-0.2, -0.15) is 0 Å². The maximum atomic E-state index is 12.2. The Balaban J connectivity index is 1.92. The summed E-state index contributed by atoms with van der Waals surface area (Å²) < 4.78 is 1.60. The Morgan fingerprint density at radius 2 is 2.00 bits per heavy atom. The molecule has 1 N–H and O–H groups in total. The highest BCUT2D eigenvalue weighted by molar-refractivity contribution is 5.96. The van der Waals surface area contributed by atoms with Gasteiger partial charge in [0.15, 0.2) is 5.82 Å². The maximum absolute atomic E-state index is 12.2. The summed E-state index contributed by atoms with van der Waals surface area (Å²) >= 11 is 0. The van der Waals surface area contributed by atoms with Crippen LogP contribution in [0.1, 0.15) is 25.8 Å². The van der Waals surface area contributed by atoms with Crippen molar-refractivity contribution in [3.8, 4) is 0 Å². The molecule has 0 radical (unpaired) electrons. The van der Waals surface area contributed by atoms with Gasteiger partial charge in [-0.3, -0.25) is 9.59 Å². The fraction of sp³-hybridized carbons (Fsp3) is 0.353. The number of carbonyl (C=O) groups excluding carboxylic acids is 1. The molecule has 0 fully saturated rings. The van der Waals surface area contributed by atoms with Crippen LogP contribution in [0.4, 0.5) is 17.2 Å². The van der Waals surface area contributed by atoms with Gasteiger partial charge < -0.3 is 14.8 Å². The van der Waals surface area contributed by atoms with Crippen molar-refractivity contribution in [1.82, 2.24) is 9.55 Å². The molecule has 0 saturated carbocycles. The number of nitrogens with one attached hydrogen (secondary N) is 1. The van der Waals surface area contributed by atoms with Crippen molar-refractivity contribution in [2.45, 2.75) is 33.2 Å². The lowest BCUT2D eigenvalue weighted by Gasteiger charge is -2.28. The number of benzene rings is 1. The van der Waals surface area contributed by atoms with Crippen LogP contribution in [-0.2, 0) is 17.8 Å². The Morgan fingerprint density at radius 1 is 1.17 bits per heavy atom. The molecule has 1 aliphatic rings. The minimum atomic E-state index is -0.141. The van der Waals surface area contributed by atoms with Gasteiger partial charge >= 0.3 is 0 Å². The first-order chi connectivity index (χ1) is 11.1. The quantitative estimate of drug-likeness (QED) is 0.940. The molecule has 1 amide bonds. The predicted octanol–water partition coefficient (Wildman–Crippen LogP) is 2.31. The number of amides is 1. The first-order valence-corrected chi connectivity index (χ1v) is 7.89. The van der Waals surface area contributed by atoms with Crippen LogP contribution in [0.5, 0.6) is 0 Å². The molecule has 6 nitrogen and oxygen atoms in total. The van der Waals surface area contributed by atoms with E-state index in [9.17, 15) is 9.59 Å². The zero-order valence-electron chi connectivity index (χ0n) is 13.4. The fourth-order valence-electron chi connectivity index (χ4n) is 2.90. The summed E-state index contributed by atoms with van der Waals surface area (Å²) in [7, 11) is 0. The molecule has 0 unspecified atom stereocenters. The summed E-state index contributed by atoms with van der Waals surface area (Å²) in [6.45, 7) is 5.16. The molecule has 2 heterocycles. The zero-order valence-corrected chi connectivity index (χ0v) is 13.4. The molecule has 1 aliphatic heterocycles. The monoisotopic (exact) mass is 312 g/mol. The van der Waals surface area contributed by atoms with Crippen molar-refractivity contribution in [3.05, 3.63) is 46.5 Å². The van der Waals surface area contributed by atoms with Crippen molar-refractivity contribution in [1.29, 1.82) is 0 Å². The van der Waals surface area contributed by atoms with Gasteiger partial charge in [0.2, 0.25) is 5.91 Å². The Morgan fingerprint density at radius 3 is 2.74 bits per heavy atom. The van der Waals surface area contributed by atoms with Gasteiger partial charge in [-0.25, -0.2) is 4.98 Å². The molecule has 0 spiro atoms. The molecule has 0 atom stereocenters. The molecule has 2 aromatic rings. The van der Waals surface area contributed by atoms with Gasteiger partial charge in [0.1, 0.15) is 0 Å². The SMILES string of the molecule is CCN1C(=O)CCc2cc(Nc3nccn(CC)c3=O)ccc21. The highest BCUT2D eigenvalue weighted by Crippen LogP contribution is 2.30. The van der Waals surface area contributed by atoms with E-state index in [4.69, 9.17) is 0 Å². The Kier molecular flexibility index (Phi) is 4.14. The van der Waals surface area contributed by atoms with Gasteiger partial charge in [-0.1, -0.05) is 0 Å². The van der Waals surface area contributed by atoms with E-state index in [1.165, 1.54) is 0 Å². The van der Waals surface area contributed by atoms with Crippen LogP contribution in [0, 0.1) is 0 Å². The molecule has 120 valence electrons. The first-order valence-electron chi connectivity index (χ1n) is 7.89. The molecule has 3 rings (SSSR count). The van der Waals surface area contributed by atoms with Crippen LogP contribution in [0.2, 0.25) is 0 Å². The van der Waals surface area contributed by atoms with Gasteiger partial charge in [0.05, 0.1) is 0 Å². The summed E-state index contributed by atoms with van der Waals surface area (Å²) in [6, 6.07) is 5.80. The van der Waals surface area contributed by atoms with E-state index in [-0.39, 0.29) is 11.5 Å². The van der Waals surface area contributed by atoms with Crippen molar-refractivity contribution in [2.24, 2.45) is 0 Å². The van der Waals surface area contributed by atoms with E-state index in [1.807, 2.05) is 32.0 Å². The molecule has 0 aliphatic carbocycles. The maximum Gasteiger partial charge on any atom is 0.293 e. The van der Waals surface area contributed by atoms with Gasteiger partial charge in [-0.15, -0.1) is 0 Å². The van der Waals surface area contributed by atoms with E-state index < -0.39 is 0 Å². The zero-order chi connectivity index (χ0) is 16.4. The fourth-order valence-corrected chi connectivity index (χ4v) is 2.90. The second kappa shape index (κ2) is 6.24. The molecule has 0 saturated heterocycles. The van der Waals surface area contributed by atoms with Crippen LogP contribution in [0.15, 0.2) is 35.4 Å². The number of hydrogen-bond donors (Lipinski definition) is 1. The van der Waals surface area contributed by atoms with Crippen LogP contribution in [-0.4, -0.2) is 22.0 Å². The predicted molar refractivity (Wildman–Crippen MR) is 90.2 cm³/mol. The molecule has 1 aromatic carbocycles. The summed E-state index contributed by atoms with van der Waals surface area (Å²) in [5.41, 5.74) is 2.75. The lowest BCUT2D eigenvalue weighted by atomic mass is 10.0. The molecular formula is C17H20N4O2. The first kappa shape index (κ1) is 15.3. The average molecular weight is 312 g/mol. The number of fused-ring (bicyclic) bond motifs is 1. The third-order valence-electron chi connectivity index (χ3n) is 4.11. The summed E-state index contributed by atoms with van der Waals surface area (Å²) in [6.07, 6.45) is 4.53. The van der Waals surface area contributed by atoms with E-state index in [2.05, 4.69) is 10.3 Å². The minimum Gasteiger partial charge on any atom is -0.336 e. The topological polar surface area (TPSA) is 67.2 Å². The Bertz CT molecular complexity index is 797. The normalized spacial score (nSPS) is 13.8. The number of carbonyl (C=O) groups is 1. The Hall–Kier alpha value is -2.63. The van der Waals surface area contributed by atoms with Crippen LogP contribution in [0.3, 0.4) is 0 Å². The minimum absolute atomic E-state index is 0.141. The average Bonchev–Trinajstić information content (AvgIpc) is 2.57. The standard InChI is InChI=1S/C17H20N4O2/c1-3-20-10-9-18-16(17(20)23)19-13-6-7-14-12(11-13)5-8-15(22)21(14)4-2/h6-7,9-11H,3-5,8H2,1-2H3,(H,18,19). The molecule has 0 bridgehead atoms. The van der Waals surface area contributed by atoms with Crippen molar-refractivity contribution in [3.63, 3.8) is 0 Å². The number of hydrogen-bond acceptors (Lipinski definition) is 4. The van der Waals surface area contributed by atoms with Crippen LogP contribution < -0.4 is 15.8 Å². The number of rotatable bonds is 4. The molecule has 1 aromatic heterocycles. The van der Waals surface area contributed by atoms with Gasteiger partial charge in [0.25, 0.3) is 5.56 Å². The third kappa shape index (κ3) is 2.84. The summed E-state index contributed by atoms with van der Waals surface area (Å²) in [4.78, 5) is 30.1. The van der Waals surface area contributed by atoms with Crippen LogP contribution in [0.25, 0.3) is 0 Å². The smallest absolute Gasteiger partial charge is 0.293 e. The van der Waals surface area contributed by atoms with E-state index in [1.54, 1.807) is 21.9 Å².